The van der Waals surface area contributed by atoms with E-state index >= 15 is 0 Å². The molecule has 1 aromatic carbocycles. The van der Waals surface area contributed by atoms with Crippen LogP contribution in [0.4, 0.5) is 8.78 Å². The van der Waals surface area contributed by atoms with Crippen LogP contribution in [0.3, 0.4) is 0 Å². The minimum atomic E-state index is -1.49. The Morgan fingerprint density at radius 1 is 1.24 bits per heavy atom. The summed E-state index contributed by atoms with van der Waals surface area (Å²) in [6.07, 6.45) is 3.55. The molecule has 2 nitrogen and oxygen atoms in total. The van der Waals surface area contributed by atoms with Gasteiger partial charge in [0, 0.05) is 12.1 Å². The van der Waals surface area contributed by atoms with E-state index in [4.69, 9.17) is 5.73 Å². The quantitative estimate of drug-likeness (QED) is 0.886. The molecular formula is C12H15F2NOS. The third kappa shape index (κ3) is 2.72. The van der Waals surface area contributed by atoms with E-state index in [9.17, 15) is 13.0 Å². The maximum atomic E-state index is 13.5. The monoisotopic (exact) mass is 259 g/mol. The van der Waals surface area contributed by atoms with Gasteiger partial charge in [-0.2, -0.15) is 0 Å². The molecule has 5 heteroatoms. The van der Waals surface area contributed by atoms with Gasteiger partial charge in [-0.05, 0) is 25.0 Å². The number of benzene rings is 1. The van der Waals surface area contributed by atoms with Crippen molar-refractivity contribution in [2.45, 2.75) is 41.9 Å². The first kappa shape index (κ1) is 12.6. The molecule has 1 aromatic rings. The van der Waals surface area contributed by atoms with Crippen molar-refractivity contribution < 1.29 is 13.0 Å². The lowest BCUT2D eigenvalue weighted by Gasteiger charge is -2.27. The molecule has 1 aliphatic carbocycles. The first-order chi connectivity index (χ1) is 8.09. The molecule has 0 radical (unpaired) electrons. The molecule has 0 bridgehead atoms. The van der Waals surface area contributed by atoms with E-state index in [1.807, 2.05) is 0 Å². The zero-order valence-electron chi connectivity index (χ0n) is 9.36. The van der Waals surface area contributed by atoms with Crippen molar-refractivity contribution in [3.63, 3.8) is 0 Å². The van der Waals surface area contributed by atoms with Gasteiger partial charge < -0.3 is 5.73 Å². The van der Waals surface area contributed by atoms with Crippen LogP contribution in [0.5, 0.6) is 0 Å². The van der Waals surface area contributed by atoms with Gasteiger partial charge in [-0.25, -0.2) is 8.78 Å². The van der Waals surface area contributed by atoms with Crippen LogP contribution in [0.15, 0.2) is 23.1 Å². The predicted octanol–water partition coefficient (Wildman–Crippen LogP) is 2.34. The van der Waals surface area contributed by atoms with Gasteiger partial charge in [0.25, 0.3) is 0 Å². The van der Waals surface area contributed by atoms with Crippen LogP contribution in [0.2, 0.25) is 0 Å². The van der Waals surface area contributed by atoms with Crippen molar-refractivity contribution in [1.82, 2.24) is 0 Å². The normalized spacial score (nSPS) is 26.8. The molecule has 0 aromatic heterocycles. The first-order valence-electron chi connectivity index (χ1n) is 5.71. The molecule has 94 valence electrons. The van der Waals surface area contributed by atoms with E-state index in [1.54, 1.807) is 0 Å². The lowest BCUT2D eigenvalue weighted by molar-refractivity contribution is 0.444. The smallest absolute Gasteiger partial charge is 0.142 e. The Bertz CT molecular complexity index is 439. The van der Waals surface area contributed by atoms with Gasteiger partial charge in [0.1, 0.15) is 11.6 Å². The van der Waals surface area contributed by atoms with Crippen molar-refractivity contribution in [3.05, 3.63) is 29.8 Å². The maximum Gasteiger partial charge on any atom is 0.142 e. The topological polar surface area (TPSA) is 43.1 Å². The van der Waals surface area contributed by atoms with Crippen LogP contribution in [-0.2, 0) is 10.8 Å². The Hall–Kier alpha value is -0.810. The standard InChI is InChI=1S/C12H15F2NOS/c13-8-5-6-11(9(14)7-8)17(16)12-4-2-1-3-10(12)15/h5-7,10,12H,1-4,15H2. The van der Waals surface area contributed by atoms with Crippen LogP contribution in [-0.4, -0.2) is 15.5 Å². The Balaban J connectivity index is 2.24. The fraction of sp³-hybridized carbons (Fsp3) is 0.500. The summed E-state index contributed by atoms with van der Waals surface area (Å²) in [4.78, 5) is 0.0637. The van der Waals surface area contributed by atoms with Crippen molar-refractivity contribution in [1.29, 1.82) is 0 Å². The maximum absolute atomic E-state index is 13.5. The summed E-state index contributed by atoms with van der Waals surface area (Å²) in [5, 5.41) is -0.219. The Morgan fingerprint density at radius 2 is 1.94 bits per heavy atom. The molecule has 0 amide bonds. The molecule has 2 rings (SSSR count). The molecule has 0 saturated heterocycles. The van der Waals surface area contributed by atoms with Crippen molar-refractivity contribution in [3.8, 4) is 0 Å². The fourth-order valence-electron chi connectivity index (χ4n) is 2.19. The average molecular weight is 259 g/mol. The van der Waals surface area contributed by atoms with Crippen LogP contribution in [0.25, 0.3) is 0 Å². The van der Waals surface area contributed by atoms with Gasteiger partial charge in [-0.1, -0.05) is 12.8 Å². The average Bonchev–Trinajstić information content (AvgIpc) is 2.29. The van der Waals surface area contributed by atoms with Crippen molar-refractivity contribution in [2.75, 3.05) is 0 Å². The van der Waals surface area contributed by atoms with Crippen molar-refractivity contribution in [2.24, 2.45) is 5.73 Å². The van der Waals surface area contributed by atoms with Gasteiger partial charge >= 0.3 is 0 Å². The summed E-state index contributed by atoms with van der Waals surface area (Å²) in [5.74, 6) is -1.41. The number of rotatable bonds is 2. The highest BCUT2D eigenvalue weighted by molar-refractivity contribution is 7.85. The van der Waals surface area contributed by atoms with Crippen LogP contribution in [0, 0.1) is 11.6 Å². The summed E-state index contributed by atoms with van der Waals surface area (Å²) in [6.45, 7) is 0. The molecule has 0 spiro atoms. The van der Waals surface area contributed by atoms with Gasteiger partial charge in [0.05, 0.1) is 20.9 Å². The molecule has 3 atom stereocenters. The third-order valence-electron chi connectivity index (χ3n) is 3.14. The molecule has 1 aliphatic rings. The van der Waals surface area contributed by atoms with Crippen LogP contribution in [0.1, 0.15) is 25.7 Å². The van der Waals surface area contributed by atoms with E-state index in [0.29, 0.717) is 0 Å². The second-order valence-electron chi connectivity index (χ2n) is 4.36. The van der Waals surface area contributed by atoms with E-state index in [2.05, 4.69) is 0 Å². The van der Waals surface area contributed by atoms with Gasteiger partial charge in [-0.3, -0.25) is 4.21 Å². The molecular weight excluding hydrogens is 244 g/mol. The fourth-order valence-corrected chi connectivity index (χ4v) is 3.81. The summed E-state index contributed by atoms with van der Waals surface area (Å²) in [5.41, 5.74) is 5.91. The molecule has 17 heavy (non-hydrogen) atoms. The number of hydrogen-bond donors (Lipinski definition) is 1. The summed E-state index contributed by atoms with van der Waals surface area (Å²) in [6, 6.07) is 2.99. The Kier molecular flexibility index (Phi) is 3.89. The largest absolute Gasteiger partial charge is 0.327 e. The Labute approximate surface area is 102 Å². The number of nitrogens with two attached hydrogens (primary N) is 1. The van der Waals surface area contributed by atoms with Gasteiger partial charge in [0.15, 0.2) is 0 Å². The van der Waals surface area contributed by atoms with E-state index in [-0.39, 0.29) is 16.2 Å². The second-order valence-corrected chi connectivity index (χ2v) is 6.00. The zero-order valence-corrected chi connectivity index (χ0v) is 10.2. The lowest BCUT2D eigenvalue weighted by atomic mass is 9.96. The second kappa shape index (κ2) is 5.23. The van der Waals surface area contributed by atoms with Gasteiger partial charge in [0.2, 0.25) is 0 Å². The molecule has 0 heterocycles. The zero-order chi connectivity index (χ0) is 12.4. The minimum absolute atomic E-state index is 0.0637. The highest BCUT2D eigenvalue weighted by Crippen LogP contribution is 2.26. The van der Waals surface area contributed by atoms with Gasteiger partial charge in [-0.15, -0.1) is 0 Å². The van der Waals surface area contributed by atoms with Crippen molar-refractivity contribution >= 4 is 10.8 Å². The lowest BCUT2D eigenvalue weighted by Crippen LogP contribution is -2.40. The van der Waals surface area contributed by atoms with E-state index < -0.39 is 22.4 Å². The minimum Gasteiger partial charge on any atom is -0.327 e. The summed E-state index contributed by atoms with van der Waals surface area (Å²) < 4.78 is 38.5. The molecule has 2 N–H and O–H groups in total. The molecule has 3 unspecified atom stereocenters. The predicted molar refractivity (Wildman–Crippen MR) is 63.0 cm³/mol. The molecule has 1 saturated carbocycles. The third-order valence-corrected chi connectivity index (χ3v) is 5.04. The highest BCUT2D eigenvalue weighted by Gasteiger charge is 2.29. The van der Waals surface area contributed by atoms with E-state index in [0.717, 1.165) is 37.8 Å². The van der Waals surface area contributed by atoms with Crippen LogP contribution >= 0.6 is 0 Å². The number of halogens is 2. The molecule has 0 aliphatic heterocycles. The number of hydrogen-bond acceptors (Lipinski definition) is 2. The van der Waals surface area contributed by atoms with E-state index in [1.165, 1.54) is 6.07 Å². The summed E-state index contributed by atoms with van der Waals surface area (Å²) in [7, 11) is -1.49. The first-order valence-corrected chi connectivity index (χ1v) is 6.92. The Morgan fingerprint density at radius 3 is 2.59 bits per heavy atom. The van der Waals surface area contributed by atoms with Crippen LogP contribution < -0.4 is 5.73 Å². The molecule has 1 fully saturated rings. The SMILES string of the molecule is NC1CCCCC1S(=O)c1ccc(F)cc1F. The summed E-state index contributed by atoms with van der Waals surface area (Å²) >= 11 is 0. The highest BCUT2D eigenvalue weighted by atomic mass is 32.2.